The molecular weight excluding hydrogens is 395 g/mol. The van der Waals surface area contributed by atoms with Crippen LogP contribution in [0.15, 0.2) is 42.5 Å². The Morgan fingerprint density at radius 3 is 2.40 bits per heavy atom. The molecule has 1 heterocycles. The second kappa shape index (κ2) is 8.44. The van der Waals surface area contributed by atoms with Crippen LogP contribution in [-0.2, 0) is 4.79 Å². The number of halogens is 3. The Morgan fingerprint density at radius 2 is 1.70 bits per heavy atom. The first-order valence-electron chi connectivity index (χ1n) is 9.16. The first-order chi connectivity index (χ1) is 14.2. The van der Waals surface area contributed by atoms with Gasteiger partial charge in [-0.1, -0.05) is 12.1 Å². The van der Waals surface area contributed by atoms with Gasteiger partial charge in [0.2, 0.25) is 5.91 Å². The van der Waals surface area contributed by atoms with Crippen LogP contribution in [0.2, 0.25) is 0 Å². The van der Waals surface area contributed by atoms with E-state index in [0.717, 1.165) is 23.0 Å². The third kappa shape index (κ3) is 4.22. The Kier molecular flexibility index (Phi) is 5.96. The topological polar surface area (TPSA) is 63.1 Å². The van der Waals surface area contributed by atoms with Gasteiger partial charge >= 0.3 is 0 Å². The number of carbonyl (C=O) groups is 2. The molecule has 8 heteroatoms. The van der Waals surface area contributed by atoms with E-state index in [1.807, 2.05) is 42.7 Å². The summed E-state index contributed by atoms with van der Waals surface area (Å²) in [5, 5.41) is 4.56. The SMILES string of the molecule is Cc1cccc(-n2c(C)cc(C(=O)NCC(=O)Nc3ccc(F)c(F)c3F)c2C)c1. The Morgan fingerprint density at radius 1 is 0.967 bits per heavy atom. The number of aromatic nitrogens is 1. The van der Waals surface area contributed by atoms with Gasteiger partial charge in [0, 0.05) is 17.1 Å². The van der Waals surface area contributed by atoms with E-state index in [1.165, 1.54) is 0 Å². The van der Waals surface area contributed by atoms with Crippen molar-refractivity contribution < 1.29 is 22.8 Å². The average Bonchev–Trinajstić information content (AvgIpc) is 3.00. The fourth-order valence-corrected chi connectivity index (χ4v) is 3.23. The lowest BCUT2D eigenvalue weighted by molar-refractivity contribution is -0.115. The van der Waals surface area contributed by atoms with Crippen molar-refractivity contribution in [2.75, 3.05) is 11.9 Å². The van der Waals surface area contributed by atoms with E-state index in [-0.39, 0.29) is 0 Å². The molecule has 0 unspecified atom stereocenters. The van der Waals surface area contributed by atoms with Crippen LogP contribution in [0.3, 0.4) is 0 Å². The van der Waals surface area contributed by atoms with Crippen molar-refractivity contribution in [3.63, 3.8) is 0 Å². The van der Waals surface area contributed by atoms with E-state index in [1.54, 1.807) is 13.0 Å². The lowest BCUT2D eigenvalue weighted by atomic mass is 10.2. The quantitative estimate of drug-likeness (QED) is 0.614. The van der Waals surface area contributed by atoms with Gasteiger partial charge in [-0.2, -0.15) is 0 Å². The molecule has 3 aromatic rings. The highest BCUT2D eigenvalue weighted by molar-refractivity contribution is 6.00. The Hall–Kier alpha value is -3.55. The third-order valence-electron chi connectivity index (χ3n) is 4.65. The van der Waals surface area contributed by atoms with Gasteiger partial charge in [-0.05, 0) is 56.7 Å². The number of nitrogens with one attached hydrogen (secondary N) is 2. The fraction of sp³-hybridized carbons (Fsp3) is 0.182. The van der Waals surface area contributed by atoms with E-state index >= 15 is 0 Å². The minimum Gasteiger partial charge on any atom is -0.343 e. The van der Waals surface area contributed by atoms with Gasteiger partial charge < -0.3 is 15.2 Å². The molecule has 0 bridgehead atoms. The minimum absolute atomic E-state index is 0.390. The molecule has 5 nitrogen and oxygen atoms in total. The van der Waals surface area contributed by atoms with E-state index in [2.05, 4.69) is 10.6 Å². The van der Waals surface area contributed by atoms with Gasteiger partial charge in [0.05, 0.1) is 17.8 Å². The molecule has 0 saturated heterocycles. The van der Waals surface area contributed by atoms with E-state index in [9.17, 15) is 22.8 Å². The normalized spacial score (nSPS) is 10.7. The maximum absolute atomic E-state index is 13.7. The van der Waals surface area contributed by atoms with Crippen LogP contribution in [0.1, 0.15) is 27.3 Å². The van der Waals surface area contributed by atoms with Gasteiger partial charge in [0.25, 0.3) is 5.91 Å². The van der Waals surface area contributed by atoms with Crippen LogP contribution in [0, 0.1) is 38.2 Å². The zero-order chi connectivity index (χ0) is 22.0. The number of amides is 2. The Balaban J connectivity index is 1.70. The molecule has 2 N–H and O–H groups in total. The molecule has 30 heavy (non-hydrogen) atoms. The highest BCUT2D eigenvalue weighted by Crippen LogP contribution is 2.22. The smallest absolute Gasteiger partial charge is 0.253 e. The number of nitrogens with zero attached hydrogens (tertiary/aromatic N) is 1. The third-order valence-corrected chi connectivity index (χ3v) is 4.65. The molecule has 0 fully saturated rings. The van der Waals surface area contributed by atoms with E-state index < -0.39 is 41.5 Å². The van der Waals surface area contributed by atoms with Crippen molar-refractivity contribution in [1.82, 2.24) is 9.88 Å². The number of anilines is 1. The molecule has 0 saturated carbocycles. The second-order valence-corrected chi connectivity index (χ2v) is 6.91. The molecule has 0 radical (unpaired) electrons. The summed E-state index contributed by atoms with van der Waals surface area (Å²) < 4.78 is 41.8. The fourth-order valence-electron chi connectivity index (χ4n) is 3.23. The average molecular weight is 415 g/mol. The maximum Gasteiger partial charge on any atom is 0.253 e. The van der Waals surface area contributed by atoms with Gasteiger partial charge in [0.1, 0.15) is 0 Å². The van der Waals surface area contributed by atoms with Crippen molar-refractivity contribution in [2.24, 2.45) is 0 Å². The first-order valence-corrected chi connectivity index (χ1v) is 9.16. The van der Waals surface area contributed by atoms with Crippen molar-refractivity contribution in [3.05, 3.63) is 82.4 Å². The van der Waals surface area contributed by atoms with Crippen LogP contribution >= 0.6 is 0 Å². The molecule has 1 aromatic heterocycles. The number of carbonyl (C=O) groups excluding carboxylic acids is 2. The van der Waals surface area contributed by atoms with Crippen molar-refractivity contribution >= 4 is 17.5 Å². The lowest BCUT2D eigenvalue weighted by Gasteiger charge is -2.11. The van der Waals surface area contributed by atoms with Crippen molar-refractivity contribution in [2.45, 2.75) is 20.8 Å². The summed E-state index contributed by atoms with van der Waals surface area (Å²) >= 11 is 0. The highest BCUT2D eigenvalue weighted by atomic mass is 19.2. The molecule has 0 aliphatic carbocycles. The summed E-state index contributed by atoms with van der Waals surface area (Å²) in [7, 11) is 0. The molecular formula is C22H20F3N3O2. The predicted octanol–water partition coefficient (Wildman–Crippen LogP) is 4.19. The molecule has 2 aromatic carbocycles. The van der Waals surface area contributed by atoms with Crippen LogP contribution in [-0.4, -0.2) is 22.9 Å². The molecule has 3 rings (SSSR count). The highest BCUT2D eigenvalue weighted by Gasteiger charge is 2.19. The van der Waals surface area contributed by atoms with Gasteiger partial charge in [0.15, 0.2) is 17.5 Å². The van der Waals surface area contributed by atoms with Crippen LogP contribution < -0.4 is 10.6 Å². The number of hydrogen-bond donors (Lipinski definition) is 2. The van der Waals surface area contributed by atoms with Gasteiger partial charge in [-0.25, -0.2) is 13.2 Å². The van der Waals surface area contributed by atoms with Gasteiger partial charge in [-0.15, -0.1) is 0 Å². The maximum atomic E-state index is 13.7. The number of rotatable bonds is 5. The second-order valence-electron chi connectivity index (χ2n) is 6.91. The zero-order valence-corrected chi connectivity index (χ0v) is 16.6. The summed E-state index contributed by atoms with van der Waals surface area (Å²) in [5.41, 5.74) is 3.41. The molecule has 0 atom stereocenters. The molecule has 0 aliphatic rings. The Labute approximate surface area is 171 Å². The number of hydrogen-bond acceptors (Lipinski definition) is 2. The first kappa shape index (κ1) is 21.2. The summed E-state index contributed by atoms with van der Waals surface area (Å²) in [4.78, 5) is 24.6. The summed E-state index contributed by atoms with van der Waals surface area (Å²) in [6.45, 7) is 5.16. The predicted molar refractivity (Wildman–Crippen MR) is 107 cm³/mol. The Bertz CT molecular complexity index is 1140. The molecule has 0 aliphatic heterocycles. The number of benzene rings is 2. The van der Waals surface area contributed by atoms with E-state index in [4.69, 9.17) is 0 Å². The van der Waals surface area contributed by atoms with Crippen LogP contribution in [0.25, 0.3) is 5.69 Å². The summed E-state index contributed by atoms with van der Waals surface area (Å²) in [6, 6.07) is 11.1. The van der Waals surface area contributed by atoms with E-state index in [0.29, 0.717) is 17.3 Å². The summed E-state index contributed by atoms with van der Waals surface area (Å²) in [6.07, 6.45) is 0. The molecule has 156 valence electrons. The van der Waals surface area contributed by atoms with Crippen LogP contribution in [0.4, 0.5) is 18.9 Å². The number of aryl methyl sites for hydroxylation is 2. The largest absolute Gasteiger partial charge is 0.343 e. The van der Waals surface area contributed by atoms with Crippen LogP contribution in [0.5, 0.6) is 0 Å². The standard InChI is InChI=1S/C22H20F3N3O2/c1-12-5-4-6-15(9-12)28-13(2)10-16(14(28)3)22(30)26-11-19(29)27-18-8-7-17(23)20(24)21(18)25/h4-10H,11H2,1-3H3,(H,26,30)(H,27,29). The molecule has 2 amide bonds. The summed E-state index contributed by atoms with van der Waals surface area (Å²) in [5.74, 6) is -5.80. The monoisotopic (exact) mass is 415 g/mol. The minimum atomic E-state index is -1.68. The zero-order valence-electron chi connectivity index (χ0n) is 16.6. The lowest BCUT2D eigenvalue weighted by Crippen LogP contribution is -2.33. The van der Waals surface area contributed by atoms with Crippen molar-refractivity contribution in [3.8, 4) is 5.69 Å². The molecule has 0 spiro atoms. The van der Waals surface area contributed by atoms with Gasteiger partial charge in [-0.3, -0.25) is 9.59 Å². The van der Waals surface area contributed by atoms with Crippen molar-refractivity contribution in [1.29, 1.82) is 0 Å².